The van der Waals surface area contributed by atoms with Crippen LogP contribution in [0.3, 0.4) is 0 Å². The zero-order valence-corrected chi connectivity index (χ0v) is 10.7. The van der Waals surface area contributed by atoms with E-state index >= 15 is 0 Å². The molecule has 1 rings (SSSR count). The van der Waals surface area contributed by atoms with Crippen LogP contribution in [0.15, 0.2) is 0 Å². The molecule has 0 aromatic heterocycles. The smallest absolute Gasteiger partial charge is 0.0353 e. The van der Waals surface area contributed by atoms with Crippen LogP contribution in [0.2, 0.25) is 0 Å². The number of hydrogen-bond donors (Lipinski definition) is 0. The molecule has 1 heteroatoms. The normalized spacial score (nSPS) is 24.0. The Morgan fingerprint density at radius 2 is 0.643 bits per heavy atom. The van der Waals surface area contributed by atoms with Gasteiger partial charge in [0.25, 0.3) is 0 Å². The Morgan fingerprint density at radius 1 is 0.357 bits per heavy atom. The van der Waals surface area contributed by atoms with Gasteiger partial charge in [0.05, 0.1) is 0 Å². The first-order valence-electron chi connectivity index (χ1n) is 6.71. The van der Waals surface area contributed by atoms with Gasteiger partial charge in [0.2, 0.25) is 0 Å². The second-order valence-corrected chi connectivity index (χ2v) is 6.14. The minimum Gasteiger partial charge on any atom is -0.122 e. The Morgan fingerprint density at radius 3 is 1.00 bits per heavy atom. The lowest BCUT2D eigenvalue weighted by atomic mass is 10.1. The maximum Gasteiger partial charge on any atom is -0.0353 e. The molecule has 0 spiro atoms. The summed E-state index contributed by atoms with van der Waals surface area (Å²) in [7, 11) is 1.27. The molecular weight excluding hydrogens is 187 g/mol. The Kier molecular flexibility index (Phi) is 8.90. The summed E-state index contributed by atoms with van der Waals surface area (Å²) in [5, 5.41) is 0. The molecule has 1 fully saturated rings. The second-order valence-electron chi connectivity index (χ2n) is 4.64. The highest BCUT2D eigenvalue weighted by molar-refractivity contribution is 7.37. The van der Waals surface area contributed by atoms with Crippen molar-refractivity contribution in [2.45, 2.75) is 70.6 Å². The maximum absolute atomic E-state index is 1.53. The van der Waals surface area contributed by atoms with E-state index in [1.807, 2.05) is 0 Å². The highest BCUT2D eigenvalue weighted by Gasteiger charge is 1.96. The van der Waals surface area contributed by atoms with Gasteiger partial charge in [-0.1, -0.05) is 57.8 Å². The Balaban J connectivity index is 2.00. The summed E-state index contributed by atoms with van der Waals surface area (Å²) < 4.78 is 0. The van der Waals surface area contributed by atoms with E-state index in [4.69, 9.17) is 0 Å². The lowest BCUT2D eigenvalue weighted by Gasteiger charge is -2.05. The van der Waals surface area contributed by atoms with Crippen LogP contribution >= 0.6 is 8.58 Å². The van der Waals surface area contributed by atoms with Gasteiger partial charge in [-0.25, -0.2) is 0 Å². The SMILES string of the molecule is C1CCCCCCPCCCCCC1. The van der Waals surface area contributed by atoms with E-state index in [1.54, 1.807) is 0 Å². The van der Waals surface area contributed by atoms with Crippen LogP contribution in [0.5, 0.6) is 0 Å². The van der Waals surface area contributed by atoms with Gasteiger partial charge in [0.1, 0.15) is 0 Å². The van der Waals surface area contributed by atoms with Crippen LogP contribution in [0.1, 0.15) is 70.6 Å². The van der Waals surface area contributed by atoms with Gasteiger partial charge in [0, 0.05) is 0 Å². The summed E-state index contributed by atoms with van der Waals surface area (Å²) in [6, 6.07) is 0. The van der Waals surface area contributed by atoms with Gasteiger partial charge in [-0.15, -0.1) is 8.58 Å². The number of hydrogen-bond acceptors (Lipinski definition) is 0. The zero-order chi connectivity index (χ0) is 9.90. The van der Waals surface area contributed by atoms with E-state index in [9.17, 15) is 0 Å². The van der Waals surface area contributed by atoms with Crippen molar-refractivity contribution in [2.24, 2.45) is 0 Å². The van der Waals surface area contributed by atoms with Crippen molar-refractivity contribution in [1.82, 2.24) is 0 Å². The Labute approximate surface area is 92.0 Å². The monoisotopic (exact) mass is 214 g/mol. The molecule has 0 radical (unpaired) electrons. The summed E-state index contributed by atoms with van der Waals surface area (Å²) in [4.78, 5) is 0. The van der Waals surface area contributed by atoms with Crippen LogP contribution in [-0.4, -0.2) is 12.3 Å². The molecular formula is C13H27P. The van der Waals surface area contributed by atoms with E-state index in [2.05, 4.69) is 0 Å². The van der Waals surface area contributed by atoms with Crippen molar-refractivity contribution < 1.29 is 0 Å². The molecule has 0 aromatic carbocycles. The largest absolute Gasteiger partial charge is 0.122 e. The average Bonchev–Trinajstić information content (AvgIpc) is 2.22. The van der Waals surface area contributed by atoms with Gasteiger partial charge in [0.15, 0.2) is 0 Å². The highest BCUT2D eigenvalue weighted by atomic mass is 31.1. The van der Waals surface area contributed by atoms with Crippen molar-refractivity contribution in [1.29, 1.82) is 0 Å². The van der Waals surface area contributed by atoms with Gasteiger partial charge < -0.3 is 0 Å². The van der Waals surface area contributed by atoms with Crippen LogP contribution in [0, 0.1) is 0 Å². The molecule has 14 heavy (non-hydrogen) atoms. The Bertz CT molecular complexity index is 58.5. The van der Waals surface area contributed by atoms with Crippen LogP contribution in [0.25, 0.3) is 0 Å². The van der Waals surface area contributed by atoms with E-state index in [0.29, 0.717) is 0 Å². The molecule has 0 saturated carbocycles. The van der Waals surface area contributed by atoms with Crippen molar-refractivity contribution >= 4 is 8.58 Å². The van der Waals surface area contributed by atoms with E-state index in [-0.39, 0.29) is 0 Å². The van der Waals surface area contributed by atoms with Crippen molar-refractivity contribution in [3.05, 3.63) is 0 Å². The fourth-order valence-electron chi connectivity index (χ4n) is 2.22. The third-order valence-corrected chi connectivity index (χ3v) is 4.62. The van der Waals surface area contributed by atoms with Crippen LogP contribution < -0.4 is 0 Å². The maximum atomic E-state index is 1.53. The lowest BCUT2D eigenvalue weighted by Crippen LogP contribution is -1.87. The first kappa shape index (κ1) is 12.5. The van der Waals surface area contributed by atoms with E-state index < -0.39 is 0 Å². The van der Waals surface area contributed by atoms with Gasteiger partial charge in [-0.3, -0.25) is 0 Å². The van der Waals surface area contributed by atoms with E-state index in [1.165, 1.54) is 91.5 Å². The molecule has 0 atom stereocenters. The average molecular weight is 214 g/mol. The summed E-state index contributed by atoms with van der Waals surface area (Å²) >= 11 is 0. The summed E-state index contributed by atoms with van der Waals surface area (Å²) in [6.07, 6.45) is 19.6. The second kappa shape index (κ2) is 9.97. The van der Waals surface area contributed by atoms with Gasteiger partial charge in [-0.2, -0.15) is 0 Å². The molecule has 84 valence electrons. The minimum absolute atomic E-state index is 1.27. The van der Waals surface area contributed by atoms with E-state index in [0.717, 1.165) is 0 Å². The van der Waals surface area contributed by atoms with Gasteiger partial charge >= 0.3 is 0 Å². The van der Waals surface area contributed by atoms with Crippen LogP contribution in [-0.2, 0) is 0 Å². The molecule has 1 aliphatic heterocycles. The van der Waals surface area contributed by atoms with Crippen molar-refractivity contribution in [3.8, 4) is 0 Å². The molecule has 1 saturated heterocycles. The first-order valence-corrected chi connectivity index (χ1v) is 8.12. The van der Waals surface area contributed by atoms with Gasteiger partial charge in [-0.05, 0) is 25.2 Å². The summed E-state index contributed by atoms with van der Waals surface area (Å²) in [6.45, 7) is 0. The first-order chi connectivity index (χ1) is 7.00. The highest BCUT2D eigenvalue weighted by Crippen LogP contribution is 2.19. The molecule has 0 N–H and O–H groups in total. The topological polar surface area (TPSA) is 0 Å². The molecule has 0 unspecified atom stereocenters. The van der Waals surface area contributed by atoms with Crippen LogP contribution in [0.4, 0.5) is 0 Å². The fourth-order valence-corrected chi connectivity index (χ4v) is 3.47. The summed E-state index contributed by atoms with van der Waals surface area (Å²) in [5.74, 6) is 0. The lowest BCUT2D eigenvalue weighted by molar-refractivity contribution is 0.553. The summed E-state index contributed by atoms with van der Waals surface area (Å²) in [5.41, 5.74) is 0. The quantitative estimate of drug-likeness (QED) is 0.499. The predicted octanol–water partition coefficient (Wildman–Crippen LogP) is 4.97. The van der Waals surface area contributed by atoms with Crippen molar-refractivity contribution in [3.63, 3.8) is 0 Å². The zero-order valence-electron chi connectivity index (χ0n) is 9.69. The molecule has 0 aliphatic carbocycles. The minimum atomic E-state index is 1.27. The number of rotatable bonds is 0. The molecule has 0 amide bonds. The predicted molar refractivity (Wildman–Crippen MR) is 68.8 cm³/mol. The molecule has 1 heterocycles. The standard InChI is InChI=1S/C13H27P/c1-2-4-6-8-10-12-14-13-11-9-7-5-3-1/h14H,1-13H2. The van der Waals surface area contributed by atoms with Crippen molar-refractivity contribution in [2.75, 3.05) is 12.3 Å². The molecule has 1 aliphatic rings. The molecule has 0 aromatic rings. The Hall–Kier alpha value is 0.430. The fraction of sp³-hybridized carbons (Fsp3) is 1.00. The third-order valence-electron chi connectivity index (χ3n) is 3.21. The molecule has 0 bridgehead atoms. The third kappa shape index (κ3) is 7.80. The molecule has 0 nitrogen and oxygen atoms in total.